The van der Waals surface area contributed by atoms with E-state index in [1.54, 1.807) is 0 Å². The Hall–Kier alpha value is -2.10. The van der Waals surface area contributed by atoms with Crippen molar-refractivity contribution in [3.8, 4) is 0 Å². The lowest BCUT2D eigenvalue weighted by molar-refractivity contribution is -0.138. The van der Waals surface area contributed by atoms with Crippen LogP contribution in [0.15, 0.2) is 42.0 Å². The number of amides is 2. The zero-order valence-electron chi connectivity index (χ0n) is 15.6. The Kier molecular flexibility index (Phi) is 6.87. The number of hydrogen-bond donors (Lipinski definition) is 1. The van der Waals surface area contributed by atoms with Crippen LogP contribution in [0.5, 0.6) is 0 Å². The summed E-state index contributed by atoms with van der Waals surface area (Å²) in [7, 11) is 0. The number of benzene rings is 1. The Morgan fingerprint density at radius 1 is 1.12 bits per heavy atom. The van der Waals surface area contributed by atoms with Crippen molar-refractivity contribution in [3.63, 3.8) is 0 Å². The molecular formula is C22H30N2O2. The highest BCUT2D eigenvalue weighted by Crippen LogP contribution is 2.20. The summed E-state index contributed by atoms with van der Waals surface area (Å²) in [6, 6.07) is 10.2. The number of carbonyl (C=O) groups is 2. The molecule has 0 saturated carbocycles. The van der Waals surface area contributed by atoms with Crippen LogP contribution in [0.4, 0.5) is 0 Å². The minimum absolute atomic E-state index is 0.0659. The molecule has 0 radical (unpaired) electrons. The monoisotopic (exact) mass is 354 g/mol. The predicted octanol–water partition coefficient (Wildman–Crippen LogP) is 3.47. The normalized spacial score (nSPS) is 20.6. The molecule has 1 saturated heterocycles. The molecule has 1 fully saturated rings. The largest absolute Gasteiger partial charge is 0.355 e. The van der Waals surface area contributed by atoms with Crippen LogP contribution in [0.25, 0.3) is 0 Å². The molecule has 3 rings (SSSR count). The second-order valence-corrected chi connectivity index (χ2v) is 7.46. The lowest BCUT2D eigenvalue weighted by atomic mass is 9.95. The fourth-order valence-electron chi connectivity index (χ4n) is 3.88. The van der Waals surface area contributed by atoms with Gasteiger partial charge in [0.25, 0.3) is 0 Å². The molecule has 1 aliphatic heterocycles. The van der Waals surface area contributed by atoms with Crippen molar-refractivity contribution in [2.24, 2.45) is 5.92 Å². The molecule has 2 aliphatic rings. The highest BCUT2D eigenvalue weighted by Gasteiger charge is 2.29. The Morgan fingerprint density at radius 3 is 2.73 bits per heavy atom. The number of likely N-dealkylation sites (tertiary alicyclic amines) is 1. The molecule has 2 amide bonds. The molecule has 1 aromatic rings. The summed E-state index contributed by atoms with van der Waals surface area (Å²) < 4.78 is 0. The molecule has 4 nitrogen and oxygen atoms in total. The summed E-state index contributed by atoms with van der Waals surface area (Å²) >= 11 is 0. The van der Waals surface area contributed by atoms with Crippen LogP contribution in [-0.2, 0) is 16.0 Å². The maximum Gasteiger partial charge on any atom is 0.224 e. The van der Waals surface area contributed by atoms with Crippen molar-refractivity contribution in [2.45, 2.75) is 51.4 Å². The van der Waals surface area contributed by atoms with Crippen LogP contribution < -0.4 is 5.32 Å². The molecule has 0 unspecified atom stereocenters. The molecule has 0 bridgehead atoms. The summed E-state index contributed by atoms with van der Waals surface area (Å²) in [4.78, 5) is 26.6. The van der Waals surface area contributed by atoms with Gasteiger partial charge < -0.3 is 10.2 Å². The summed E-state index contributed by atoms with van der Waals surface area (Å²) in [5.74, 6) is 0.222. The molecule has 0 spiro atoms. The van der Waals surface area contributed by atoms with Crippen LogP contribution in [0.3, 0.4) is 0 Å². The smallest absolute Gasteiger partial charge is 0.224 e. The van der Waals surface area contributed by atoms with E-state index in [1.165, 1.54) is 36.8 Å². The van der Waals surface area contributed by atoms with Gasteiger partial charge in [0.05, 0.1) is 5.92 Å². The first-order valence-electron chi connectivity index (χ1n) is 9.99. The second-order valence-electron chi connectivity index (χ2n) is 7.46. The third-order valence-electron chi connectivity index (χ3n) is 5.51. The van der Waals surface area contributed by atoms with Crippen molar-refractivity contribution in [2.75, 3.05) is 19.6 Å². The minimum Gasteiger partial charge on any atom is -0.355 e. The van der Waals surface area contributed by atoms with E-state index in [1.807, 2.05) is 23.1 Å². The van der Waals surface area contributed by atoms with Gasteiger partial charge in [-0.1, -0.05) is 42.0 Å². The standard InChI is InChI=1S/C22H30N2O2/c25-21-12-11-20(17-24(21)16-14-19-9-5-2-6-10-19)22(26)23-15-13-18-7-3-1-4-8-18/h2,5-7,9-10,20H,1,3-4,8,11-17H2,(H,23,26)/t20-/m0/s1. The maximum absolute atomic E-state index is 12.5. The second kappa shape index (κ2) is 9.56. The van der Waals surface area contributed by atoms with Gasteiger partial charge in [0, 0.05) is 26.1 Å². The summed E-state index contributed by atoms with van der Waals surface area (Å²) in [6.07, 6.45) is 10.2. The number of nitrogens with zero attached hydrogens (tertiary/aromatic N) is 1. The van der Waals surface area contributed by atoms with Gasteiger partial charge in [-0.2, -0.15) is 0 Å². The lowest BCUT2D eigenvalue weighted by Gasteiger charge is -2.32. The average Bonchev–Trinajstić information content (AvgIpc) is 2.69. The number of carbonyl (C=O) groups excluding carboxylic acids is 2. The zero-order valence-corrected chi connectivity index (χ0v) is 15.6. The topological polar surface area (TPSA) is 49.4 Å². The Bertz CT molecular complexity index is 639. The molecular weight excluding hydrogens is 324 g/mol. The van der Waals surface area contributed by atoms with E-state index < -0.39 is 0 Å². The van der Waals surface area contributed by atoms with E-state index in [4.69, 9.17) is 0 Å². The first-order chi connectivity index (χ1) is 12.7. The van der Waals surface area contributed by atoms with E-state index in [9.17, 15) is 9.59 Å². The number of rotatable bonds is 7. The summed E-state index contributed by atoms with van der Waals surface area (Å²) in [5.41, 5.74) is 2.72. The van der Waals surface area contributed by atoms with E-state index in [-0.39, 0.29) is 17.7 Å². The number of hydrogen-bond acceptors (Lipinski definition) is 2. The van der Waals surface area contributed by atoms with E-state index >= 15 is 0 Å². The highest BCUT2D eigenvalue weighted by atomic mass is 16.2. The SMILES string of the molecule is O=C(NCCC1=CCCCC1)[C@H]1CCC(=O)N(CCc2ccccc2)C1. The summed E-state index contributed by atoms with van der Waals surface area (Å²) in [5, 5.41) is 3.09. The zero-order chi connectivity index (χ0) is 18.2. The number of piperidine rings is 1. The average molecular weight is 354 g/mol. The van der Waals surface area contributed by atoms with Gasteiger partial charge in [0.1, 0.15) is 0 Å². The molecule has 1 N–H and O–H groups in total. The predicted molar refractivity (Wildman–Crippen MR) is 104 cm³/mol. The van der Waals surface area contributed by atoms with Crippen molar-refractivity contribution < 1.29 is 9.59 Å². The third kappa shape index (κ3) is 5.45. The lowest BCUT2D eigenvalue weighted by Crippen LogP contribution is -2.46. The van der Waals surface area contributed by atoms with Gasteiger partial charge in [-0.25, -0.2) is 0 Å². The molecule has 1 heterocycles. The van der Waals surface area contributed by atoms with Gasteiger partial charge >= 0.3 is 0 Å². The van der Waals surface area contributed by atoms with Gasteiger partial charge in [-0.15, -0.1) is 0 Å². The van der Waals surface area contributed by atoms with E-state index in [2.05, 4.69) is 23.5 Å². The molecule has 140 valence electrons. The van der Waals surface area contributed by atoms with Crippen LogP contribution in [0.2, 0.25) is 0 Å². The van der Waals surface area contributed by atoms with Gasteiger partial charge in [-0.3, -0.25) is 9.59 Å². The van der Waals surface area contributed by atoms with Gasteiger partial charge in [-0.05, 0) is 50.5 Å². The van der Waals surface area contributed by atoms with E-state index in [0.717, 1.165) is 19.4 Å². The Labute approximate surface area is 156 Å². The Morgan fingerprint density at radius 2 is 1.96 bits per heavy atom. The van der Waals surface area contributed by atoms with Gasteiger partial charge in [0.15, 0.2) is 0 Å². The van der Waals surface area contributed by atoms with Crippen molar-refractivity contribution in [3.05, 3.63) is 47.5 Å². The first kappa shape index (κ1) is 18.7. The molecule has 4 heteroatoms. The summed E-state index contributed by atoms with van der Waals surface area (Å²) in [6.45, 7) is 1.97. The number of nitrogens with one attached hydrogen (secondary N) is 1. The number of allylic oxidation sites excluding steroid dienone is 1. The van der Waals surface area contributed by atoms with Crippen LogP contribution in [0.1, 0.15) is 50.5 Å². The van der Waals surface area contributed by atoms with Gasteiger partial charge in [0.2, 0.25) is 11.8 Å². The van der Waals surface area contributed by atoms with Crippen LogP contribution in [0, 0.1) is 5.92 Å². The minimum atomic E-state index is -0.0659. The Balaban J connectivity index is 1.43. The van der Waals surface area contributed by atoms with Crippen LogP contribution >= 0.6 is 0 Å². The first-order valence-corrected chi connectivity index (χ1v) is 9.99. The quantitative estimate of drug-likeness (QED) is 0.762. The molecule has 26 heavy (non-hydrogen) atoms. The maximum atomic E-state index is 12.5. The highest BCUT2D eigenvalue weighted by molar-refractivity contribution is 5.83. The van der Waals surface area contributed by atoms with Crippen molar-refractivity contribution in [1.82, 2.24) is 10.2 Å². The molecule has 0 aromatic heterocycles. The molecule has 1 aliphatic carbocycles. The fraction of sp³-hybridized carbons (Fsp3) is 0.545. The molecule has 1 aromatic carbocycles. The van der Waals surface area contributed by atoms with Crippen LogP contribution in [-0.4, -0.2) is 36.3 Å². The van der Waals surface area contributed by atoms with Crippen molar-refractivity contribution in [1.29, 1.82) is 0 Å². The van der Waals surface area contributed by atoms with E-state index in [0.29, 0.717) is 25.9 Å². The fourth-order valence-corrected chi connectivity index (χ4v) is 3.88. The van der Waals surface area contributed by atoms with Crippen molar-refractivity contribution >= 4 is 11.8 Å². The third-order valence-corrected chi connectivity index (χ3v) is 5.51. The molecule has 1 atom stereocenters.